The number of aliphatic hydroxyl groups excluding tert-OH is 1. The van der Waals surface area contributed by atoms with Crippen molar-refractivity contribution < 1.29 is 18.6 Å². The topological polar surface area (TPSA) is 72.4 Å². The first-order valence-corrected chi connectivity index (χ1v) is 10.6. The highest BCUT2D eigenvalue weighted by Crippen LogP contribution is 2.19. The molecule has 0 spiro atoms. The molecule has 1 heterocycles. The average Bonchev–Trinajstić information content (AvgIpc) is 2.93. The fraction of sp³-hybridized carbons (Fsp3) is 0.667. The van der Waals surface area contributed by atoms with Crippen LogP contribution in [0, 0.1) is 0 Å². The molecule has 1 fully saturated rings. The van der Waals surface area contributed by atoms with Crippen LogP contribution < -0.4 is 15.4 Å². The van der Waals surface area contributed by atoms with E-state index in [0.717, 1.165) is 52.2 Å². The number of nitrogens with one attached hydrogen (secondary N) is 2. The van der Waals surface area contributed by atoms with Crippen LogP contribution in [0.25, 0.3) is 0 Å². The van der Waals surface area contributed by atoms with Gasteiger partial charge in [-0.25, -0.2) is 0 Å². The molecule has 31 heavy (non-hydrogen) atoms. The lowest BCUT2D eigenvalue weighted by molar-refractivity contribution is -0.0498. The fourth-order valence-electron chi connectivity index (χ4n) is 3.33. The molecule has 1 aromatic rings. The molecule has 0 saturated carbocycles. The van der Waals surface area contributed by atoms with Gasteiger partial charge in [0.15, 0.2) is 5.96 Å². The largest absolute Gasteiger partial charge is 0.435 e. The van der Waals surface area contributed by atoms with Gasteiger partial charge in [-0.3, -0.25) is 4.99 Å². The van der Waals surface area contributed by atoms with Crippen molar-refractivity contribution in [2.75, 3.05) is 59.4 Å². The summed E-state index contributed by atoms with van der Waals surface area (Å²) in [7, 11) is 2.17. The number of aliphatic hydroxyl groups is 1. The molecule has 178 valence electrons. The van der Waals surface area contributed by atoms with Crippen molar-refractivity contribution in [2.24, 2.45) is 4.99 Å². The summed E-state index contributed by atoms with van der Waals surface area (Å²) in [4.78, 5) is 9.32. The third kappa shape index (κ3) is 11.3. The zero-order valence-electron chi connectivity index (χ0n) is 18.4. The number of likely N-dealkylation sites (N-methyl/N-ethyl adjacent to an activating group) is 1. The van der Waals surface area contributed by atoms with E-state index in [4.69, 9.17) is 0 Å². The summed E-state index contributed by atoms with van der Waals surface area (Å²) in [5, 5.41) is 16.8. The number of nitrogens with zero attached hydrogens (tertiary/aromatic N) is 3. The summed E-state index contributed by atoms with van der Waals surface area (Å²) in [6.45, 7) is 6.40. The standard InChI is InChI=1S/C21H35F2N5O2.HI/c1-3-24-21(25-10-4-12-28-13-5-11-27(2)14-15-28)26-16-19(29)17-6-8-18(9-7-17)30-20(22)23;/h6-9,19-20,29H,3-5,10-16H2,1-2H3,(H2,24,25,26);1H. The summed E-state index contributed by atoms with van der Waals surface area (Å²) < 4.78 is 28.8. The van der Waals surface area contributed by atoms with Crippen LogP contribution in [-0.2, 0) is 0 Å². The zero-order valence-corrected chi connectivity index (χ0v) is 20.7. The Hall–Kier alpha value is -1.24. The van der Waals surface area contributed by atoms with E-state index >= 15 is 0 Å². The number of guanidine groups is 1. The highest BCUT2D eigenvalue weighted by atomic mass is 127. The fourth-order valence-corrected chi connectivity index (χ4v) is 3.33. The molecule has 1 aliphatic rings. The van der Waals surface area contributed by atoms with Crippen molar-refractivity contribution >= 4 is 29.9 Å². The molecule has 1 aromatic carbocycles. The van der Waals surface area contributed by atoms with Crippen LogP contribution in [0.2, 0.25) is 0 Å². The molecule has 1 saturated heterocycles. The van der Waals surface area contributed by atoms with Gasteiger partial charge in [0.1, 0.15) is 5.75 Å². The smallest absolute Gasteiger partial charge is 0.387 e. The number of rotatable bonds is 10. The quantitative estimate of drug-likeness (QED) is 0.179. The first kappa shape index (κ1) is 27.8. The molecule has 0 aromatic heterocycles. The van der Waals surface area contributed by atoms with Gasteiger partial charge in [-0.2, -0.15) is 8.78 Å². The highest BCUT2D eigenvalue weighted by molar-refractivity contribution is 14.0. The van der Waals surface area contributed by atoms with Crippen LogP contribution in [0.3, 0.4) is 0 Å². The Morgan fingerprint density at radius 2 is 1.90 bits per heavy atom. The van der Waals surface area contributed by atoms with E-state index < -0.39 is 12.7 Å². The SMILES string of the molecule is CCNC(=NCC(O)c1ccc(OC(F)F)cc1)NCCCN1CCCN(C)CC1.I. The molecule has 1 aliphatic heterocycles. The van der Waals surface area contributed by atoms with E-state index in [1.807, 2.05) is 6.92 Å². The number of ether oxygens (including phenoxy) is 1. The predicted molar refractivity (Wildman–Crippen MR) is 131 cm³/mol. The molecule has 3 N–H and O–H groups in total. The molecule has 0 aliphatic carbocycles. The molecule has 0 amide bonds. The Morgan fingerprint density at radius 3 is 2.58 bits per heavy atom. The van der Waals surface area contributed by atoms with Crippen molar-refractivity contribution in [1.82, 2.24) is 20.4 Å². The molecule has 0 bridgehead atoms. The number of benzene rings is 1. The maximum Gasteiger partial charge on any atom is 0.387 e. The van der Waals surface area contributed by atoms with Gasteiger partial charge in [-0.05, 0) is 64.1 Å². The maximum atomic E-state index is 12.2. The van der Waals surface area contributed by atoms with Gasteiger partial charge in [0.2, 0.25) is 0 Å². The van der Waals surface area contributed by atoms with Crippen LogP contribution in [0.5, 0.6) is 5.75 Å². The van der Waals surface area contributed by atoms with Crippen molar-refractivity contribution in [3.8, 4) is 5.75 Å². The first-order chi connectivity index (χ1) is 14.5. The Labute approximate surface area is 201 Å². The van der Waals surface area contributed by atoms with Gasteiger partial charge in [0, 0.05) is 26.2 Å². The van der Waals surface area contributed by atoms with E-state index in [1.165, 1.54) is 18.6 Å². The van der Waals surface area contributed by atoms with Gasteiger partial charge in [0.25, 0.3) is 0 Å². The number of hydrogen-bond donors (Lipinski definition) is 3. The van der Waals surface area contributed by atoms with Gasteiger partial charge in [0.05, 0.1) is 12.6 Å². The number of halogens is 3. The summed E-state index contributed by atoms with van der Waals surface area (Å²) in [6.07, 6.45) is 1.40. The Morgan fingerprint density at radius 1 is 1.16 bits per heavy atom. The van der Waals surface area contributed by atoms with Gasteiger partial charge in [-0.1, -0.05) is 12.1 Å². The van der Waals surface area contributed by atoms with E-state index in [2.05, 4.69) is 37.2 Å². The van der Waals surface area contributed by atoms with Crippen LogP contribution in [-0.4, -0.2) is 86.9 Å². The predicted octanol–water partition coefficient (Wildman–Crippen LogP) is 2.52. The van der Waals surface area contributed by atoms with Crippen molar-refractivity contribution in [3.63, 3.8) is 0 Å². The van der Waals surface area contributed by atoms with Crippen LogP contribution in [0.1, 0.15) is 31.4 Å². The lowest BCUT2D eigenvalue weighted by Gasteiger charge is -2.20. The molecule has 10 heteroatoms. The molecule has 1 atom stereocenters. The molecule has 7 nitrogen and oxygen atoms in total. The van der Waals surface area contributed by atoms with Crippen molar-refractivity contribution in [1.29, 1.82) is 0 Å². The lowest BCUT2D eigenvalue weighted by atomic mass is 10.1. The average molecular weight is 555 g/mol. The summed E-state index contributed by atoms with van der Waals surface area (Å²) in [6, 6.07) is 5.96. The molecular formula is C21H36F2IN5O2. The molecule has 0 radical (unpaired) electrons. The highest BCUT2D eigenvalue weighted by Gasteiger charge is 2.12. The second-order valence-corrected chi connectivity index (χ2v) is 7.46. The number of alkyl halides is 2. The second kappa shape index (κ2) is 15.5. The first-order valence-electron chi connectivity index (χ1n) is 10.6. The van der Waals surface area contributed by atoms with Crippen molar-refractivity contribution in [2.45, 2.75) is 32.5 Å². The van der Waals surface area contributed by atoms with Gasteiger partial charge in [-0.15, -0.1) is 24.0 Å². The van der Waals surface area contributed by atoms with E-state index in [1.54, 1.807) is 12.1 Å². The molecular weight excluding hydrogens is 519 g/mol. The normalized spacial score (nSPS) is 17.0. The van der Waals surface area contributed by atoms with Crippen LogP contribution in [0.15, 0.2) is 29.3 Å². The third-order valence-electron chi connectivity index (χ3n) is 5.01. The monoisotopic (exact) mass is 555 g/mol. The van der Waals surface area contributed by atoms with E-state index in [0.29, 0.717) is 11.5 Å². The maximum absolute atomic E-state index is 12.2. The minimum absolute atomic E-state index is 0. The summed E-state index contributed by atoms with van der Waals surface area (Å²) >= 11 is 0. The van der Waals surface area contributed by atoms with E-state index in [9.17, 15) is 13.9 Å². The van der Waals surface area contributed by atoms with Crippen LogP contribution in [0.4, 0.5) is 8.78 Å². The zero-order chi connectivity index (χ0) is 21.8. The Balaban J connectivity index is 0.00000480. The van der Waals surface area contributed by atoms with E-state index in [-0.39, 0.29) is 36.3 Å². The summed E-state index contributed by atoms with van der Waals surface area (Å²) in [5.74, 6) is 0.723. The van der Waals surface area contributed by atoms with Crippen molar-refractivity contribution in [3.05, 3.63) is 29.8 Å². The minimum Gasteiger partial charge on any atom is -0.435 e. The third-order valence-corrected chi connectivity index (χ3v) is 5.01. The Bertz CT molecular complexity index is 637. The minimum atomic E-state index is -2.86. The second-order valence-electron chi connectivity index (χ2n) is 7.46. The van der Waals surface area contributed by atoms with Gasteiger partial charge < -0.3 is 30.3 Å². The molecule has 1 unspecified atom stereocenters. The molecule has 2 rings (SSSR count). The lowest BCUT2D eigenvalue weighted by Crippen LogP contribution is -2.39. The summed E-state index contributed by atoms with van der Waals surface area (Å²) in [5.41, 5.74) is 0.599. The van der Waals surface area contributed by atoms with Crippen LogP contribution >= 0.6 is 24.0 Å². The van der Waals surface area contributed by atoms with Gasteiger partial charge >= 0.3 is 6.61 Å². The number of hydrogen-bond acceptors (Lipinski definition) is 5. The Kier molecular flexibility index (Phi) is 13.9. The number of aliphatic imine (C=N–C) groups is 1.